The number of hydrogen-bond donors (Lipinski definition) is 1. The summed E-state index contributed by atoms with van der Waals surface area (Å²) in [6.07, 6.45) is 6.32. The van der Waals surface area contributed by atoms with Gasteiger partial charge in [-0.05, 0) is 44.2 Å². The van der Waals surface area contributed by atoms with Gasteiger partial charge in [0.15, 0.2) is 0 Å². The van der Waals surface area contributed by atoms with Crippen LogP contribution in [0.3, 0.4) is 0 Å². The van der Waals surface area contributed by atoms with E-state index in [0.29, 0.717) is 0 Å². The molecule has 1 saturated carbocycles. The highest BCUT2D eigenvalue weighted by Crippen LogP contribution is 2.25. The van der Waals surface area contributed by atoms with Crippen molar-refractivity contribution in [2.45, 2.75) is 45.1 Å². The number of para-hydroxylation sites is 1. The van der Waals surface area contributed by atoms with Crippen molar-refractivity contribution in [1.29, 1.82) is 0 Å². The van der Waals surface area contributed by atoms with Gasteiger partial charge in [-0.1, -0.05) is 24.6 Å². The maximum atomic E-state index is 5.96. The van der Waals surface area contributed by atoms with E-state index in [4.69, 9.17) is 10.7 Å². The smallest absolute Gasteiger partial charge is 0.0740 e. The van der Waals surface area contributed by atoms with Gasteiger partial charge >= 0.3 is 0 Å². The molecular weight excluding hydrogens is 196 g/mol. The van der Waals surface area contributed by atoms with Crippen LogP contribution < -0.4 is 5.73 Å². The minimum Gasteiger partial charge on any atom is -0.398 e. The predicted molar refractivity (Wildman–Crippen MR) is 69.8 cm³/mol. The van der Waals surface area contributed by atoms with Crippen molar-refractivity contribution in [3.63, 3.8) is 0 Å². The molecule has 0 aromatic heterocycles. The first kappa shape index (κ1) is 11.2. The van der Waals surface area contributed by atoms with E-state index < -0.39 is 0 Å². The molecule has 1 atom stereocenters. The Kier molecular flexibility index (Phi) is 3.60. The van der Waals surface area contributed by atoms with E-state index in [-0.39, 0.29) is 6.04 Å². The van der Waals surface area contributed by atoms with Gasteiger partial charge in [-0.25, -0.2) is 0 Å². The summed E-state index contributed by atoms with van der Waals surface area (Å²) in [7, 11) is 0. The topological polar surface area (TPSA) is 38.4 Å². The van der Waals surface area contributed by atoms with Crippen LogP contribution in [-0.2, 0) is 0 Å². The van der Waals surface area contributed by atoms with E-state index in [1.807, 2.05) is 18.2 Å². The molecule has 0 heterocycles. The van der Waals surface area contributed by atoms with Gasteiger partial charge < -0.3 is 5.73 Å². The molecule has 2 heteroatoms. The first-order valence-corrected chi connectivity index (χ1v) is 6.17. The lowest BCUT2D eigenvalue weighted by molar-refractivity contribution is 0.655. The molecule has 1 unspecified atom stereocenters. The Bertz CT molecular complexity index is 374. The molecule has 86 valence electrons. The molecule has 2 rings (SSSR count). The van der Waals surface area contributed by atoms with E-state index in [0.717, 1.165) is 11.3 Å². The second-order valence-corrected chi connectivity index (χ2v) is 4.56. The summed E-state index contributed by atoms with van der Waals surface area (Å²) in [4.78, 5) is 4.80. The van der Waals surface area contributed by atoms with Gasteiger partial charge in [-0.15, -0.1) is 0 Å². The monoisotopic (exact) mass is 216 g/mol. The van der Waals surface area contributed by atoms with Crippen LogP contribution in [0, 0.1) is 0 Å². The Morgan fingerprint density at radius 3 is 2.50 bits per heavy atom. The van der Waals surface area contributed by atoms with Crippen molar-refractivity contribution >= 4 is 11.4 Å². The third kappa shape index (κ3) is 2.63. The Hall–Kier alpha value is -1.31. The van der Waals surface area contributed by atoms with Gasteiger partial charge in [0, 0.05) is 11.4 Å². The van der Waals surface area contributed by atoms with Gasteiger partial charge in [0.2, 0.25) is 0 Å². The second kappa shape index (κ2) is 5.15. The Labute approximate surface area is 97.6 Å². The van der Waals surface area contributed by atoms with Crippen LogP contribution in [0.5, 0.6) is 0 Å². The molecule has 0 radical (unpaired) electrons. The minimum atomic E-state index is 0.203. The molecule has 1 fully saturated rings. The van der Waals surface area contributed by atoms with Crippen LogP contribution in [0.1, 0.15) is 50.6 Å². The lowest BCUT2D eigenvalue weighted by atomic mass is 9.97. The van der Waals surface area contributed by atoms with Gasteiger partial charge in [-0.3, -0.25) is 4.99 Å². The van der Waals surface area contributed by atoms with E-state index in [1.54, 1.807) is 0 Å². The molecule has 0 amide bonds. The zero-order chi connectivity index (χ0) is 11.4. The summed E-state index contributed by atoms with van der Waals surface area (Å²) < 4.78 is 0. The number of nitrogens with two attached hydrogens (primary N) is 1. The molecule has 1 aromatic carbocycles. The number of nitrogens with zero attached hydrogens (tertiary/aromatic N) is 1. The van der Waals surface area contributed by atoms with Gasteiger partial charge in [0.1, 0.15) is 0 Å². The highest BCUT2D eigenvalue weighted by atomic mass is 14.8. The maximum absolute atomic E-state index is 5.96. The summed E-state index contributed by atoms with van der Waals surface area (Å²) in [5, 5.41) is 0. The average Bonchev–Trinajstić information content (AvgIpc) is 2.31. The molecule has 0 aliphatic heterocycles. The third-order valence-corrected chi connectivity index (χ3v) is 3.25. The zero-order valence-electron chi connectivity index (χ0n) is 9.95. The molecule has 16 heavy (non-hydrogen) atoms. The molecule has 0 saturated heterocycles. The SMILES string of the molecule is CC(N=C1CCCCC1)c1ccccc1N. The number of aliphatic imine (C=N–C) groups is 1. The first-order valence-electron chi connectivity index (χ1n) is 6.17. The standard InChI is InChI=1S/C14H20N2/c1-11(13-9-5-6-10-14(13)15)16-12-7-3-2-4-8-12/h5-6,9-11H,2-4,7-8,15H2,1H3. The number of nitrogen functional groups attached to an aromatic ring is 1. The van der Waals surface area contributed by atoms with Crippen molar-refractivity contribution in [1.82, 2.24) is 0 Å². The van der Waals surface area contributed by atoms with Crippen LogP contribution in [-0.4, -0.2) is 5.71 Å². The predicted octanol–water partition coefficient (Wildman–Crippen LogP) is 3.73. The third-order valence-electron chi connectivity index (χ3n) is 3.25. The molecule has 1 aliphatic rings. The number of benzene rings is 1. The molecule has 2 nitrogen and oxygen atoms in total. The minimum absolute atomic E-state index is 0.203. The summed E-state index contributed by atoms with van der Waals surface area (Å²) >= 11 is 0. The van der Waals surface area contributed by atoms with Crippen LogP contribution in [0.25, 0.3) is 0 Å². The van der Waals surface area contributed by atoms with E-state index in [2.05, 4.69) is 13.0 Å². The zero-order valence-corrected chi connectivity index (χ0v) is 9.95. The van der Waals surface area contributed by atoms with Crippen molar-refractivity contribution in [2.24, 2.45) is 4.99 Å². The van der Waals surface area contributed by atoms with Crippen molar-refractivity contribution < 1.29 is 0 Å². The van der Waals surface area contributed by atoms with Crippen LogP contribution in [0.15, 0.2) is 29.3 Å². The molecule has 2 N–H and O–H groups in total. The van der Waals surface area contributed by atoms with E-state index >= 15 is 0 Å². The fraction of sp³-hybridized carbons (Fsp3) is 0.500. The molecule has 1 aliphatic carbocycles. The van der Waals surface area contributed by atoms with Crippen molar-refractivity contribution in [3.05, 3.63) is 29.8 Å². The summed E-state index contributed by atoms with van der Waals surface area (Å²) in [5.41, 5.74) is 9.34. The van der Waals surface area contributed by atoms with Crippen LogP contribution in [0.4, 0.5) is 5.69 Å². The summed E-state index contributed by atoms with van der Waals surface area (Å²) in [6, 6.07) is 8.23. The number of anilines is 1. The molecule has 1 aromatic rings. The Morgan fingerprint density at radius 1 is 1.12 bits per heavy atom. The molecule has 0 bridgehead atoms. The van der Waals surface area contributed by atoms with Gasteiger partial charge in [0.05, 0.1) is 6.04 Å². The van der Waals surface area contributed by atoms with Gasteiger partial charge in [0.25, 0.3) is 0 Å². The summed E-state index contributed by atoms with van der Waals surface area (Å²) in [5.74, 6) is 0. The fourth-order valence-corrected chi connectivity index (χ4v) is 2.32. The Morgan fingerprint density at radius 2 is 1.81 bits per heavy atom. The fourth-order valence-electron chi connectivity index (χ4n) is 2.32. The van der Waals surface area contributed by atoms with Crippen LogP contribution in [0.2, 0.25) is 0 Å². The normalized spacial score (nSPS) is 18.2. The van der Waals surface area contributed by atoms with Gasteiger partial charge in [-0.2, -0.15) is 0 Å². The lowest BCUT2D eigenvalue weighted by Crippen LogP contribution is -2.07. The second-order valence-electron chi connectivity index (χ2n) is 4.56. The van der Waals surface area contributed by atoms with E-state index in [9.17, 15) is 0 Å². The maximum Gasteiger partial charge on any atom is 0.0740 e. The number of rotatable bonds is 2. The number of hydrogen-bond acceptors (Lipinski definition) is 2. The molecular formula is C14H20N2. The first-order chi connectivity index (χ1) is 7.77. The summed E-state index contributed by atoms with van der Waals surface area (Å²) in [6.45, 7) is 2.13. The van der Waals surface area contributed by atoms with Crippen LogP contribution >= 0.6 is 0 Å². The Balaban J connectivity index is 2.13. The average molecular weight is 216 g/mol. The lowest BCUT2D eigenvalue weighted by Gasteiger charge is -2.16. The highest BCUT2D eigenvalue weighted by molar-refractivity contribution is 5.85. The largest absolute Gasteiger partial charge is 0.398 e. The van der Waals surface area contributed by atoms with E-state index in [1.165, 1.54) is 37.8 Å². The molecule has 0 spiro atoms. The quantitative estimate of drug-likeness (QED) is 0.751. The van der Waals surface area contributed by atoms with Crippen molar-refractivity contribution in [3.8, 4) is 0 Å². The van der Waals surface area contributed by atoms with Crippen molar-refractivity contribution in [2.75, 3.05) is 5.73 Å². The highest BCUT2D eigenvalue weighted by Gasteiger charge is 2.11.